The summed E-state index contributed by atoms with van der Waals surface area (Å²) in [6.45, 7) is 7.84. The van der Waals surface area contributed by atoms with Gasteiger partial charge in [-0.2, -0.15) is 0 Å². The number of hydrogen-bond donors (Lipinski definition) is 3. The fraction of sp³-hybridized carbons (Fsp3) is 0.815. The summed E-state index contributed by atoms with van der Waals surface area (Å²) in [5, 5.41) is 12.9. The second-order valence-corrected chi connectivity index (χ2v) is 11.8. The molecular formula is C27H45N3O5. The van der Waals surface area contributed by atoms with E-state index in [1.807, 2.05) is 31.7 Å². The molecule has 5 atom stereocenters. The molecule has 0 spiro atoms. The molecule has 8 nitrogen and oxygen atoms in total. The molecule has 0 radical (unpaired) electrons. The molecule has 0 aromatic carbocycles. The van der Waals surface area contributed by atoms with Gasteiger partial charge in [0.25, 0.3) is 0 Å². The molecule has 1 saturated heterocycles. The lowest BCUT2D eigenvalue weighted by Gasteiger charge is -2.39. The molecule has 2 saturated carbocycles. The first kappa shape index (κ1) is 27.5. The molecular weight excluding hydrogens is 446 g/mol. The molecule has 3 rings (SSSR count). The summed E-state index contributed by atoms with van der Waals surface area (Å²) in [4.78, 5) is 38.2. The fourth-order valence-corrected chi connectivity index (χ4v) is 6.07. The van der Waals surface area contributed by atoms with E-state index < -0.39 is 23.5 Å². The molecule has 2 aliphatic carbocycles. The average molecular weight is 492 g/mol. The lowest BCUT2D eigenvalue weighted by atomic mass is 9.72. The second kappa shape index (κ2) is 12.2. The first-order valence-corrected chi connectivity index (χ1v) is 13.4. The van der Waals surface area contributed by atoms with Gasteiger partial charge in [0.05, 0.1) is 12.0 Å². The molecule has 3 aliphatic rings. The number of carbonyl (C=O) groups excluding carboxylic acids is 3. The number of aliphatic hydroxyl groups is 1. The number of ether oxygens (including phenoxy) is 1. The van der Waals surface area contributed by atoms with Crippen LogP contribution in [-0.4, -0.2) is 59.3 Å². The van der Waals surface area contributed by atoms with Gasteiger partial charge in [-0.05, 0) is 95.5 Å². The number of hydrogen-bond acceptors (Lipinski definition) is 5. The molecule has 1 aliphatic heterocycles. The van der Waals surface area contributed by atoms with E-state index in [9.17, 15) is 19.5 Å². The SMILES string of the molecule is CC(C)(C)OC(=O)NCC1CCCC(C2CCN(C(=O)/C=C/C3CCC(O)C(C(N)=O)C3)CC2)C1. The largest absolute Gasteiger partial charge is 0.444 e. The highest BCUT2D eigenvalue weighted by molar-refractivity contribution is 5.87. The van der Waals surface area contributed by atoms with E-state index in [0.717, 1.165) is 45.2 Å². The highest BCUT2D eigenvalue weighted by Crippen LogP contribution is 2.38. The van der Waals surface area contributed by atoms with Crippen molar-refractivity contribution < 1.29 is 24.2 Å². The number of primary amides is 1. The Bertz CT molecular complexity index is 769. The molecule has 3 amide bonds. The minimum Gasteiger partial charge on any atom is -0.444 e. The number of amides is 3. The molecule has 198 valence electrons. The summed E-state index contributed by atoms with van der Waals surface area (Å²) < 4.78 is 5.36. The predicted molar refractivity (Wildman–Crippen MR) is 134 cm³/mol. The zero-order valence-electron chi connectivity index (χ0n) is 21.7. The van der Waals surface area contributed by atoms with Crippen LogP contribution in [0.5, 0.6) is 0 Å². The molecule has 1 heterocycles. The zero-order chi connectivity index (χ0) is 25.6. The van der Waals surface area contributed by atoms with Crippen LogP contribution in [0.4, 0.5) is 4.79 Å². The van der Waals surface area contributed by atoms with Gasteiger partial charge in [0.1, 0.15) is 5.60 Å². The van der Waals surface area contributed by atoms with Crippen LogP contribution in [0.15, 0.2) is 12.2 Å². The molecule has 0 aromatic rings. The van der Waals surface area contributed by atoms with Gasteiger partial charge < -0.3 is 25.8 Å². The van der Waals surface area contributed by atoms with E-state index in [2.05, 4.69) is 5.32 Å². The van der Waals surface area contributed by atoms with Crippen molar-refractivity contribution in [2.75, 3.05) is 19.6 Å². The summed E-state index contributed by atoms with van der Waals surface area (Å²) >= 11 is 0. The Morgan fingerprint density at radius 3 is 2.40 bits per heavy atom. The average Bonchev–Trinajstić information content (AvgIpc) is 2.81. The van der Waals surface area contributed by atoms with Gasteiger partial charge in [0.2, 0.25) is 11.8 Å². The molecule has 3 fully saturated rings. The van der Waals surface area contributed by atoms with Crippen LogP contribution in [0.3, 0.4) is 0 Å². The molecule has 8 heteroatoms. The summed E-state index contributed by atoms with van der Waals surface area (Å²) in [6.07, 6.45) is 11.1. The summed E-state index contributed by atoms with van der Waals surface area (Å²) in [7, 11) is 0. The molecule has 0 bridgehead atoms. The van der Waals surface area contributed by atoms with Crippen LogP contribution >= 0.6 is 0 Å². The Labute approximate surface area is 210 Å². The van der Waals surface area contributed by atoms with Crippen molar-refractivity contribution in [1.82, 2.24) is 10.2 Å². The fourth-order valence-electron chi connectivity index (χ4n) is 6.07. The predicted octanol–water partition coefficient (Wildman–Crippen LogP) is 3.37. The maximum absolute atomic E-state index is 12.7. The van der Waals surface area contributed by atoms with Crippen LogP contribution in [-0.2, 0) is 14.3 Å². The number of rotatable bonds is 6. The normalized spacial score (nSPS) is 30.7. The standard InChI is InChI=1S/C27H45N3O5/c1-27(2,3)35-26(34)29-17-19-5-4-6-21(15-19)20-11-13-30(14-12-20)24(32)10-8-18-7-9-23(31)22(16-18)25(28)33/h8,10,18-23,31H,4-7,9,11-17H2,1-3H3,(H2,28,33)(H,29,34)/b10-8+. The zero-order valence-corrected chi connectivity index (χ0v) is 21.7. The van der Waals surface area contributed by atoms with Crippen molar-refractivity contribution in [3.63, 3.8) is 0 Å². The highest BCUT2D eigenvalue weighted by atomic mass is 16.6. The number of carbonyl (C=O) groups is 3. The van der Waals surface area contributed by atoms with Gasteiger partial charge in [-0.25, -0.2) is 4.79 Å². The van der Waals surface area contributed by atoms with Crippen LogP contribution in [0.25, 0.3) is 0 Å². The van der Waals surface area contributed by atoms with Crippen LogP contribution in [0, 0.1) is 29.6 Å². The minimum absolute atomic E-state index is 0.0354. The van der Waals surface area contributed by atoms with Crippen molar-refractivity contribution in [2.45, 2.75) is 90.3 Å². The van der Waals surface area contributed by atoms with Crippen LogP contribution < -0.4 is 11.1 Å². The number of nitrogens with two attached hydrogens (primary N) is 1. The summed E-state index contributed by atoms with van der Waals surface area (Å²) in [5.74, 6) is 0.920. The first-order chi connectivity index (χ1) is 16.5. The second-order valence-electron chi connectivity index (χ2n) is 11.8. The maximum Gasteiger partial charge on any atom is 0.407 e. The Morgan fingerprint density at radius 2 is 1.74 bits per heavy atom. The van der Waals surface area contributed by atoms with Gasteiger partial charge in [0, 0.05) is 19.6 Å². The van der Waals surface area contributed by atoms with Gasteiger partial charge >= 0.3 is 6.09 Å². The van der Waals surface area contributed by atoms with Crippen molar-refractivity contribution in [2.24, 2.45) is 35.3 Å². The molecule has 0 aromatic heterocycles. The third-order valence-electron chi connectivity index (χ3n) is 8.01. The van der Waals surface area contributed by atoms with E-state index in [1.165, 1.54) is 12.8 Å². The van der Waals surface area contributed by atoms with Gasteiger partial charge in [-0.15, -0.1) is 0 Å². The number of aliphatic hydroxyl groups excluding tert-OH is 1. The molecule has 5 unspecified atom stereocenters. The van der Waals surface area contributed by atoms with E-state index in [-0.39, 0.29) is 17.9 Å². The van der Waals surface area contributed by atoms with Crippen LogP contribution in [0.1, 0.15) is 78.6 Å². The Morgan fingerprint density at radius 1 is 1.03 bits per heavy atom. The number of nitrogens with one attached hydrogen (secondary N) is 1. The van der Waals surface area contributed by atoms with Crippen molar-refractivity contribution in [1.29, 1.82) is 0 Å². The van der Waals surface area contributed by atoms with Gasteiger partial charge in [0.15, 0.2) is 0 Å². The molecule has 35 heavy (non-hydrogen) atoms. The number of nitrogens with zero attached hydrogens (tertiary/aromatic N) is 1. The maximum atomic E-state index is 12.7. The summed E-state index contributed by atoms with van der Waals surface area (Å²) in [5.41, 5.74) is 4.92. The van der Waals surface area contributed by atoms with E-state index >= 15 is 0 Å². The third kappa shape index (κ3) is 8.51. The molecule has 4 N–H and O–H groups in total. The van der Waals surface area contributed by atoms with E-state index in [4.69, 9.17) is 10.5 Å². The van der Waals surface area contributed by atoms with E-state index in [1.54, 1.807) is 6.08 Å². The summed E-state index contributed by atoms with van der Waals surface area (Å²) in [6, 6.07) is 0. The number of allylic oxidation sites excluding steroid dienone is 1. The lowest BCUT2D eigenvalue weighted by molar-refractivity contribution is -0.128. The first-order valence-electron chi connectivity index (χ1n) is 13.4. The van der Waals surface area contributed by atoms with Gasteiger partial charge in [-0.1, -0.05) is 18.9 Å². The third-order valence-corrected chi connectivity index (χ3v) is 8.01. The van der Waals surface area contributed by atoms with Crippen molar-refractivity contribution in [3.05, 3.63) is 12.2 Å². The lowest BCUT2D eigenvalue weighted by Crippen LogP contribution is -2.41. The van der Waals surface area contributed by atoms with Crippen LogP contribution in [0.2, 0.25) is 0 Å². The van der Waals surface area contributed by atoms with Crippen molar-refractivity contribution in [3.8, 4) is 0 Å². The quantitative estimate of drug-likeness (QED) is 0.492. The Kier molecular flexibility index (Phi) is 9.62. The minimum atomic E-state index is -0.667. The number of likely N-dealkylation sites (tertiary alicyclic amines) is 1. The van der Waals surface area contributed by atoms with Crippen molar-refractivity contribution >= 4 is 17.9 Å². The number of alkyl carbamates (subject to hydrolysis) is 1. The van der Waals surface area contributed by atoms with E-state index in [0.29, 0.717) is 37.1 Å². The Hall–Kier alpha value is -2.09. The highest BCUT2D eigenvalue weighted by Gasteiger charge is 2.33. The smallest absolute Gasteiger partial charge is 0.407 e. The Balaban J connectivity index is 1.40. The topological polar surface area (TPSA) is 122 Å². The van der Waals surface area contributed by atoms with Gasteiger partial charge in [-0.3, -0.25) is 9.59 Å². The monoisotopic (exact) mass is 491 g/mol. The number of piperidine rings is 1.